The molecule has 0 aromatic carbocycles. The van der Waals surface area contributed by atoms with Crippen LogP contribution >= 0.6 is 0 Å². The summed E-state index contributed by atoms with van der Waals surface area (Å²) < 4.78 is 12.7. The highest BCUT2D eigenvalue weighted by Crippen LogP contribution is 2.47. The summed E-state index contributed by atoms with van der Waals surface area (Å²) in [6.07, 6.45) is 14.8. The summed E-state index contributed by atoms with van der Waals surface area (Å²) in [5.74, 6) is 0.552. The molecule has 2 aliphatic carbocycles. The lowest BCUT2D eigenvalue weighted by Gasteiger charge is -2.42. The molecule has 1 atom stereocenters. The highest BCUT2D eigenvalue weighted by atomic mass is 16.7. The fraction of sp³-hybridized carbons (Fsp3) is 0.913. The van der Waals surface area contributed by atoms with Gasteiger partial charge in [0, 0.05) is 32.0 Å². The Labute approximate surface area is 161 Å². The minimum atomic E-state index is -0.262. The maximum Gasteiger partial charge on any atom is 0.168 e. The third kappa shape index (κ3) is 4.72. The molecule has 0 radical (unpaired) electrons. The fourth-order valence-electron chi connectivity index (χ4n) is 5.32. The van der Waals surface area contributed by atoms with E-state index in [9.17, 15) is 0 Å². The van der Waals surface area contributed by atoms with Gasteiger partial charge in [0.25, 0.3) is 0 Å². The van der Waals surface area contributed by atoms with Gasteiger partial charge in [0.2, 0.25) is 0 Å². The van der Waals surface area contributed by atoms with Crippen LogP contribution in [0.5, 0.6) is 0 Å². The predicted octanol–water partition coefficient (Wildman–Crippen LogP) is 5.55. The van der Waals surface area contributed by atoms with Crippen LogP contribution in [0.15, 0.2) is 12.7 Å². The molecule has 26 heavy (non-hydrogen) atoms. The molecule has 1 saturated heterocycles. The van der Waals surface area contributed by atoms with Gasteiger partial charge < -0.3 is 9.47 Å². The normalized spacial score (nSPS) is 33.4. The van der Waals surface area contributed by atoms with Crippen molar-refractivity contribution in [3.05, 3.63) is 12.7 Å². The molecule has 0 aromatic rings. The van der Waals surface area contributed by atoms with Gasteiger partial charge in [0.1, 0.15) is 0 Å². The fourth-order valence-corrected chi connectivity index (χ4v) is 5.32. The lowest BCUT2D eigenvalue weighted by molar-refractivity contribution is -0.197. The van der Waals surface area contributed by atoms with Crippen LogP contribution in [0.3, 0.4) is 0 Å². The van der Waals surface area contributed by atoms with Crippen molar-refractivity contribution in [1.82, 2.24) is 4.90 Å². The Morgan fingerprint density at radius 2 is 1.85 bits per heavy atom. The third-order valence-electron chi connectivity index (χ3n) is 7.62. The zero-order chi connectivity index (χ0) is 18.6. The molecule has 3 aliphatic rings. The minimum Gasteiger partial charge on any atom is -0.347 e. The molecule has 1 spiro atoms. The van der Waals surface area contributed by atoms with E-state index in [0.29, 0.717) is 5.41 Å². The van der Waals surface area contributed by atoms with Crippen LogP contribution < -0.4 is 0 Å². The molecule has 1 unspecified atom stereocenters. The largest absolute Gasteiger partial charge is 0.347 e. The second-order valence-corrected chi connectivity index (χ2v) is 9.59. The minimum absolute atomic E-state index is 0.262. The maximum atomic E-state index is 6.50. The lowest BCUT2D eigenvalue weighted by Crippen LogP contribution is -2.40. The molecular formula is C23H41NO2. The van der Waals surface area contributed by atoms with Crippen LogP contribution in [0.1, 0.15) is 85.0 Å². The first-order valence-corrected chi connectivity index (χ1v) is 11.1. The molecule has 3 heteroatoms. The SMILES string of the molecule is C=CCN(CCC1COC2(CCC(C(C)(C)CC)CC2)O1)C1CCCC1. The van der Waals surface area contributed by atoms with Crippen molar-refractivity contribution >= 4 is 0 Å². The van der Waals surface area contributed by atoms with Crippen LogP contribution in [0, 0.1) is 11.3 Å². The Bertz CT molecular complexity index is 447. The molecule has 3 fully saturated rings. The third-order valence-corrected chi connectivity index (χ3v) is 7.62. The molecule has 0 amide bonds. The van der Waals surface area contributed by atoms with Crippen molar-refractivity contribution in [2.75, 3.05) is 19.7 Å². The Hall–Kier alpha value is -0.380. The summed E-state index contributed by atoms with van der Waals surface area (Å²) in [4.78, 5) is 2.62. The smallest absolute Gasteiger partial charge is 0.168 e. The van der Waals surface area contributed by atoms with Crippen LogP contribution in [-0.2, 0) is 9.47 Å². The zero-order valence-electron chi connectivity index (χ0n) is 17.5. The Kier molecular flexibility index (Phi) is 6.85. The van der Waals surface area contributed by atoms with E-state index in [2.05, 4.69) is 38.3 Å². The van der Waals surface area contributed by atoms with Gasteiger partial charge in [-0.05, 0) is 43.4 Å². The maximum absolute atomic E-state index is 6.50. The van der Waals surface area contributed by atoms with E-state index in [0.717, 1.165) is 50.9 Å². The van der Waals surface area contributed by atoms with Crippen LogP contribution in [-0.4, -0.2) is 42.5 Å². The summed E-state index contributed by atoms with van der Waals surface area (Å²) in [6, 6.07) is 0.760. The van der Waals surface area contributed by atoms with E-state index < -0.39 is 0 Å². The first-order valence-electron chi connectivity index (χ1n) is 11.1. The van der Waals surface area contributed by atoms with Crippen molar-refractivity contribution < 1.29 is 9.47 Å². The lowest BCUT2D eigenvalue weighted by atomic mass is 9.68. The molecule has 0 bridgehead atoms. The number of hydrogen-bond donors (Lipinski definition) is 0. The van der Waals surface area contributed by atoms with E-state index in [-0.39, 0.29) is 11.9 Å². The molecule has 1 aliphatic heterocycles. The molecular weight excluding hydrogens is 322 g/mol. The first-order chi connectivity index (χ1) is 12.5. The molecule has 2 saturated carbocycles. The van der Waals surface area contributed by atoms with Gasteiger partial charge in [0.15, 0.2) is 5.79 Å². The van der Waals surface area contributed by atoms with Gasteiger partial charge in [0.05, 0.1) is 12.7 Å². The van der Waals surface area contributed by atoms with E-state index in [1.807, 2.05) is 0 Å². The quantitative estimate of drug-likeness (QED) is 0.528. The van der Waals surface area contributed by atoms with Gasteiger partial charge in [-0.15, -0.1) is 6.58 Å². The van der Waals surface area contributed by atoms with Gasteiger partial charge in [-0.1, -0.05) is 46.1 Å². The van der Waals surface area contributed by atoms with Gasteiger partial charge >= 0.3 is 0 Å². The monoisotopic (exact) mass is 363 g/mol. The summed E-state index contributed by atoms with van der Waals surface area (Å²) in [7, 11) is 0. The van der Waals surface area contributed by atoms with Crippen LogP contribution in [0.4, 0.5) is 0 Å². The van der Waals surface area contributed by atoms with Crippen molar-refractivity contribution in [3.63, 3.8) is 0 Å². The first kappa shape index (κ1) is 20.4. The van der Waals surface area contributed by atoms with E-state index >= 15 is 0 Å². The summed E-state index contributed by atoms with van der Waals surface area (Å²) in [6.45, 7) is 14.0. The van der Waals surface area contributed by atoms with Gasteiger partial charge in [-0.3, -0.25) is 4.90 Å². The molecule has 0 aromatic heterocycles. The Morgan fingerprint density at radius 3 is 2.46 bits per heavy atom. The van der Waals surface area contributed by atoms with Gasteiger partial charge in [-0.25, -0.2) is 0 Å². The van der Waals surface area contributed by atoms with Crippen molar-refractivity contribution in [1.29, 1.82) is 0 Å². The summed E-state index contributed by atoms with van der Waals surface area (Å²) >= 11 is 0. The Balaban J connectivity index is 1.46. The molecule has 3 rings (SSSR count). The van der Waals surface area contributed by atoms with E-state index in [1.165, 1.54) is 44.9 Å². The van der Waals surface area contributed by atoms with Crippen molar-refractivity contribution in [2.24, 2.45) is 11.3 Å². The number of nitrogens with zero attached hydrogens (tertiary/aromatic N) is 1. The van der Waals surface area contributed by atoms with Crippen molar-refractivity contribution in [3.8, 4) is 0 Å². The Morgan fingerprint density at radius 1 is 1.15 bits per heavy atom. The summed E-state index contributed by atoms with van der Waals surface area (Å²) in [5, 5.41) is 0. The topological polar surface area (TPSA) is 21.7 Å². The predicted molar refractivity (Wildman–Crippen MR) is 108 cm³/mol. The standard InChI is InChI=1S/C23H41NO2/c1-5-16-24(20-9-7-8-10-20)17-13-21-18-25-23(26-21)14-11-19(12-15-23)22(3,4)6-2/h5,19-21H,1,6-18H2,2-4H3. The second kappa shape index (κ2) is 8.75. The zero-order valence-corrected chi connectivity index (χ0v) is 17.5. The van der Waals surface area contributed by atoms with Crippen LogP contribution in [0.25, 0.3) is 0 Å². The number of hydrogen-bond acceptors (Lipinski definition) is 3. The molecule has 1 heterocycles. The second-order valence-electron chi connectivity index (χ2n) is 9.59. The number of ether oxygens (including phenoxy) is 2. The molecule has 0 N–H and O–H groups in total. The average molecular weight is 364 g/mol. The van der Waals surface area contributed by atoms with E-state index in [4.69, 9.17) is 9.47 Å². The highest BCUT2D eigenvalue weighted by Gasteiger charge is 2.46. The summed E-state index contributed by atoms with van der Waals surface area (Å²) in [5.41, 5.74) is 0.450. The van der Waals surface area contributed by atoms with Crippen LogP contribution in [0.2, 0.25) is 0 Å². The molecule has 3 nitrogen and oxygen atoms in total. The number of rotatable bonds is 8. The van der Waals surface area contributed by atoms with Gasteiger partial charge in [-0.2, -0.15) is 0 Å². The van der Waals surface area contributed by atoms with E-state index in [1.54, 1.807) is 0 Å². The average Bonchev–Trinajstić information content (AvgIpc) is 3.30. The van der Waals surface area contributed by atoms with Crippen molar-refractivity contribution in [2.45, 2.75) is 103 Å². The highest BCUT2D eigenvalue weighted by molar-refractivity contribution is 4.90. The molecule has 150 valence electrons.